The zero-order chi connectivity index (χ0) is 21.5. The van der Waals surface area contributed by atoms with Crippen LogP contribution in [0.2, 0.25) is 0 Å². The fourth-order valence-corrected chi connectivity index (χ4v) is 3.18. The van der Waals surface area contributed by atoms with E-state index in [4.69, 9.17) is 14.7 Å². The molecule has 0 unspecified atom stereocenters. The molecule has 1 aliphatic rings. The van der Waals surface area contributed by atoms with Gasteiger partial charge in [-0.25, -0.2) is 4.39 Å². The Kier molecular flexibility index (Phi) is 6.86. The van der Waals surface area contributed by atoms with Crippen molar-refractivity contribution in [3.05, 3.63) is 59.4 Å². The zero-order valence-electron chi connectivity index (χ0n) is 16.6. The van der Waals surface area contributed by atoms with Crippen LogP contribution in [0.25, 0.3) is 0 Å². The lowest BCUT2D eigenvalue weighted by atomic mass is 10.1. The number of piperazine rings is 1. The summed E-state index contributed by atoms with van der Waals surface area (Å²) in [5, 5.41) is 8.94. The molecular weight excluding hydrogens is 389 g/mol. The monoisotopic (exact) mass is 411 g/mol. The average Bonchev–Trinajstić information content (AvgIpc) is 2.78. The molecule has 0 aliphatic carbocycles. The maximum atomic E-state index is 13.0. The molecule has 0 N–H and O–H groups in total. The van der Waals surface area contributed by atoms with E-state index < -0.39 is 0 Å². The van der Waals surface area contributed by atoms with Gasteiger partial charge in [-0.15, -0.1) is 0 Å². The number of amides is 2. The SMILES string of the molecule is COc1cc(C#N)ccc1OCC(=O)N1CCN(C(=O)Cc2ccc(F)cc2)CC1. The van der Waals surface area contributed by atoms with E-state index in [9.17, 15) is 14.0 Å². The van der Waals surface area contributed by atoms with Gasteiger partial charge in [-0.05, 0) is 29.8 Å². The average molecular weight is 411 g/mol. The van der Waals surface area contributed by atoms with Crippen molar-refractivity contribution >= 4 is 11.8 Å². The van der Waals surface area contributed by atoms with Crippen molar-refractivity contribution in [2.24, 2.45) is 0 Å². The molecular formula is C22H22FN3O4. The lowest BCUT2D eigenvalue weighted by molar-refractivity contribution is -0.140. The van der Waals surface area contributed by atoms with Crippen molar-refractivity contribution in [2.75, 3.05) is 39.9 Å². The fraction of sp³-hybridized carbons (Fsp3) is 0.318. The van der Waals surface area contributed by atoms with E-state index in [1.807, 2.05) is 6.07 Å². The van der Waals surface area contributed by atoms with Crippen LogP contribution in [0.4, 0.5) is 4.39 Å². The van der Waals surface area contributed by atoms with E-state index in [2.05, 4.69) is 0 Å². The third kappa shape index (κ3) is 5.26. The number of benzene rings is 2. The lowest BCUT2D eigenvalue weighted by Gasteiger charge is -2.34. The van der Waals surface area contributed by atoms with Crippen molar-refractivity contribution in [2.45, 2.75) is 6.42 Å². The molecule has 0 saturated carbocycles. The van der Waals surface area contributed by atoms with Crippen molar-refractivity contribution in [3.8, 4) is 17.6 Å². The second kappa shape index (κ2) is 9.74. The van der Waals surface area contributed by atoms with Crippen LogP contribution < -0.4 is 9.47 Å². The Morgan fingerprint density at radius 2 is 1.63 bits per heavy atom. The Morgan fingerprint density at radius 1 is 1.00 bits per heavy atom. The Hall–Kier alpha value is -3.60. The summed E-state index contributed by atoms with van der Waals surface area (Å²) in [7, 11) is 1.47. The summed E-state index contributed by atoms with van der Waals surface area (Å²) in [4.78, 5) is 28.2. The van der Waals surface area contributed by atoms with Crippen LogP contribution in [-0.2, 0) is 16.0 Å². The summed E-state index contributed by atoms with van der Waals surface area (Å²) in [5.74, 6) is 0.203. The first-order valence-corrected chi connectivity index (χ1v) is 9.51. The minimum absolute atomic E-state index is 0.0488. The highest BCUT2D eigenvalue weighted by Crippen LogP contribution is 2.27. The lowest BCUT2D eigenvalue weighted by Crippen LogP contribution is -2.52. The molecule has 1 saturated heterocycles. The van der Waals surface area contributed by atoms with Gasteiger partial charge in [0, 0.05) is 32.2 Å². The van der Waals surface area contributed by atoms with Gasteiger partial charge < -0.3 is 19.3 Å². The van der Waals surface area contributed by atoms with Gasteiger partial charge in [-0.2, -0.15) is 5.26 Å². The number of nitrogens with zero attached hydrogens (tertiary/aromatic N) is 3. The molecule has 8 heteroatoms. The van der Waals surface area contributed by atoms with Crippen molar-refractivity contribution in [1.29, 1.82) is 5.26 Å². The summed E-state index contributed by atoms with van der Waals surface area (Å²) in [6, 6.07) is 12.6. The zero-order valence-corrected chi connectivity index (χ0v) is 16.6. The second-order valence-corrected chi connectivity index (χ2v) is 6.83. The van der Waals surface area contributed by atoms with Crippen LogP contribution >= 0.6 is 0 Å². The van der Waals surface area contributed by atoms with Gasteiger partial charge in [0.25, 0.3) is 5.91 Å². The van der Waals surface area contributed by atoms with Crippen LogP contribution in [0, 0.1) is 17.1 Å². The standard InChI is InChI=1S/C22H22FN3O4/c1-29-20-12-17(14-24)4-7-19(20)30-15-22(28)26-10-8-25(9-11-26)21(27)13-16-2-5-18(23)6-3-16/h2-7,12H,8-11,13,15H2,1H3. The first-order chi connectivity index (χ1) is 14.5. The van der Waals surface area contributed by atoms with E-state index in [-0.39, 0.29) is 30.7 Å². The quantitative estimate of drug-likeness (QED) is 0.726. The number of ether oxygens (including phenoxy) is 2. The highest BCUT2D eigenvalue weighted by molar-refractivity contribution is 5.80. The van der Waals surface area contributed by atoms with Crippen LogP contribution in [0.3, 0.4) is 0 Å². The molecule has 156 valence electrons. The molecule has 2 aromatic carbocycles. The van der Waals surface area contributed by atoms with E-state index in [1.165, 1.54) is 19.2 Å². The number of rotatable bonds is 6. The minimum atomic E-state index is -0.334. The first-order valence-electron chi connectivity index (χ1n) is 9.51. The molecule has 1 heterocycles. The Bertz CT molecular complexity index is 948. The maximum absolute atomic E-state index is 13.0. The number of hydrogen-bond donors (Lipinski definition) is 0. The molecule has 3 rings (SSSR count). The Balaban J connectivity index is 1.48. The molecule has 7 nitrogen and oxygen atoms in total. The van der Waals surface area contributed by atoms with Crippen LogP contribution in [0.5, 0.6) is 11.5 Å². The number of hydrogen-bond acceptors (Lipinski definition) is 5. The molecule has 2 aromatic rings. The first kappa shape index (κ1) is 21.1. The van der Waals surface area contributed by atoms with E-state index in [0.29, 0.717) is 43.2 Å². The number of nitriles is 1. The molecule has 0 spiro atoms. The summed E-state index contributed by atoms with van der Waals surface area (Å²) in [6.45, 7) is 1.55. The number of carbonyl (C=O) groups is 2. The topological polar surface area (TPSA) is 82.9 Å². The van der Waals surface area contributed by atoms with Gasteiger partial charge in [-0.1, -0.05) is 12.1 Å². The molecule has 0 aromatic heterocycles. The van der Waals surface area contributed by atoms with Crippen LogP contribution in [0.1, 0.15) is 11.1 Å². The second-order valence-electron chi connectivity index (χ2n) is 6.83. The van der Waals surface area contributed by atoms with E-state index >= 15 is 0 Å². The normalized spacial score (nSPS) is 13.5. The van der Waals surface area contributed by atoms with E-state index in [1.54, 1.807) is 40.1 Å². The summed E-state index contributed by atoms with van der Waals surface area (Å²) in [6.07, 6.45) is 0.204. The highest BCUT2D eigenvalue weighted by Gasteiger charge is 2.24. The molecule has 2 amide bonds. The van der Waals surface area contributed by atoms with Crippen LogP contribution in [-0.4, -0.2) is 61.5 Å². The van der Waals surface area contributed by atoms with Gasteiger partial charge >= 0.3 is 0 Å². The van der Waals surface area contributed by atoms with Gasteiger partial charge in [0.1, 0.15) is 5.82 Å². The molecule has 1 fully saturated rings. The van der Waals surface area contributed by atoms with Gasteiger partial charge in [0.15, 0.2) is 18.1 Å². The summed E-state index contributed by atoms with van der Waals surface area (Å²) >= 11 is 0. The van der Waals surface area contributed by atoms with Gasteiger partial charge in [0.2, 0.25) is 5.91 Å². The number of carbonyl (C=O) groups excluding carboxylic acids is 2. The van der Waals surface area contributed by atoms with Crippen molar-refractivity contribution in [1.82, 2.24) is 9.80 Å². The molecule has 0 bridgehead atoms. The van der Waals surface area contributed by atoms with E-state index in [0.717, 1.165) is 5.56 Å². The Morgan fingerprint density at radius 3 is 2.23 bits per heavy atom. The van der Waals surface area contributed by atoms with Crippen molar-refractivity contribution in [3.63, 3.8) is 0 Å². The predicted molar refractivity (Wildman–Crippen MR) is 106 cm³/mol. The number of methoxy groups -OCH3 is 1. The highest BCUT2D eigenvalue weighted by atomic mass is 19.1. The van der Waals surface area contributed by atoms with Crippen molar-refractivity contribution < 1.29 is 23.5 Å². The summed E-state index contributed by atoms with van der Waals surface area (Å²) in [5.41, 5.74) is 1.19. The number of halogens is 1. The molecule has 0 radical (unpaired) electrons. The largest absolute Gasteiger partial charge is 0.493 e. The van der Waals surface area contributed by atoms with Gasteiger partial charge in [-0.3, -0.25) is 9.59 Å². The molecule has 1 aliphatic heterocycles. The minimum Gasteiger partial charge on any atom is -0.493 e. The third-order valence-corrected chi connectivity index (χ3v) is 4.90. The predicted octanol–water partition coefficient (Wildman–Crippen LogP) is 2.00. The van der Waals surface area contributed by atoms with Gasteiger partial charge in [0.05, 0.1) is 25.2 Å². The third-order valence-electron chi connectivity index (χ3n) is 4.90. The smallest absolute Gasteiger partial charge is 0.260 e. The molecule has 30 heavy (non-hydrogen) atoms. The van der Waals surface area contributed by atoms with Crippen LogP contribution in [0.15, 0.2) is 42.5 Å². The Labute approximate surface area is 174 Å². The summed E-state index contributed by atoms with van der Waals surface area (Å²) < 4.78 is 23.7. The molecule has 0 atom stereocenters. The fourth-order valence-electron chi connectivity index (χ4n) is 3.18. The maximum Gasteiger partial charge on any atom is 0.260 e.